The third-order valence-electron chi connectivity index (χ3n) is 4.08. The number of nitrogens with zero attached hydrogens (tertiary/aromatic N) is 1. The van der Waals surface area contributed by atoms with Gasteiger partial charge in [-0.15, -0.1) is 0 Å². The van der Waals surface area contributed by atoms with E-state index in [4.69, 9.17) is 0 Å². The molecule has 0 fully saturated rings. The van der Waals surface area contributed by atoms with E-state index in [1.54, 1.807) is 0 Å². The zero-order valence-electron chi connectivity index (χ0n) is 14.5. The first kappa shape index (κ1) is 17.3. The van der Waals surface area contributed by atoms with Gasteiger partial charge in [0.25, 0.3) is 0 Å². The molecular formula is C22H29N. The summed E-state index contributed by atoms with van der Waals surface area (Å²) in [6.45, 7) is 6.79. The molecule has 23 heavy (non-hydrogen) atoms. The van der Waals surface area contributed by atoms with Crippen LogP contribution in [0.25, 0.3) is 11.8 Å². The quantitative estimate of drug-likeness (QED) is 0.507. The SMILES string of the molecule is CCCCN(CCCC)C(=Cc1ccccc1)c1ccccc1. The Kier molecular flexibility index (Phi) is 7.45. The predicted octanol–water partition coefficient (Wildman–Crippen LogP) is 6.09. The van der Waals surface area contributed by atoms with E-state index in [-0.39, 0.29) is 0 Å². The van der Waals surface area contributed by atoms with Gasteiger partial charge < -0.3 is 4.90 Å². The van der Waals surface area contributed by atoms with E-state index in [0.29, 0.717) is 0 Å². The van der Waals surface area contributed by atoms with E-state index >= 15 is 0 Å². The normalized spacial score (nSPS) is 11.5. The fraction of sp³-hybridized carbons (Fsp3) is 0.364. The number of hydrogen-bond acceptors (Lipinski definition) is 1. The van der Waals surface area contributed by atoms with Crippen molar-refractivity contribution >= 4 is 11.8 Å². The molecule has 2 rings (SSSR count). The molecule has 2 aromatic carbocycles. The molecule has 0 aliphatic rings. The molecule has 1 nitrogen and oxygen atoms in total. The molecule has 0 spiro atoms. The standard InChI is InChI=1S/C22H29N/c1-3-5-17-23(18-6-4-2)22(21-15-11-8-12-16-21)19-20-13-9-7-10-14-20/h7-16,19H,3-6,17-18H2,1-2H3. The Morgan fingerprint density at radius 3 is 1.83 bits per heavy atom. The fourth-order valence-corrected chi connectivity index (χ4v) is 2.72. The van der Waals surface area contributed by atoms with E-state index in [2.05, 4.69) is 85.5 Å². The van der Waals surface area contributed by atoms with E-state index in [0.717, 1.165) is 13.1 Å². The molecule has 2 aromatic rings. The Morgan fingerprint density at radius 1 is 0.783 bits per heavy atom. The van der Waals surface area contributed by atoms with E-state index in [9.17, 15) is 0 Å². The first-order chi connectivity index (χ1) is 11.3. The molecule has 0 aliphatic carbocycles. The molecule has 0 N–H and O–H groups in total. The molecule has 0 saturated carbocycles. The summed E-state index contributed by atoms with van der Waals surface area (Å²) in [4.78, 5) is 2.56. The average molecular weight is 307 g/mol. The van der Waals surface area contributed by atoms with Gasteiger partial charge in [0, 0.05) is 18.8 Å². The molecule has 0 aromatic heterocycles. The minimum Gasteiger partial charge on any atom is -0.371 e. The third-order valence-corrected chi connectivity index (χ3v) is 4.08. The first-order valence-electron chi connectivity index (χ1n) is 8.92. The lowest BCUT2D eigenvalue weighted by Gasteiger charge is -2.28. The summed E-state index contributed by atoms with van der Waals surface area (Å²) < 4.78 is 0. The van der Waals surface area contributed by atoms with Crippen LogP contribution in [-0.4, -0.2) is 18.0 Å². The predicted molar refractivity (Wildman–Crippen MR) is 102 cm³/mol. The van der Waals surface area contributed by atoms with Crippen LogP contribution in [0, 0.1) is 0 Å². The highest BCUT2D eigenvalue weighted by Crippen LogP contribution is 2.23. The number of hydrogen-bond donors (Lipinski definition) is 0. The molecule has 0 heterocycles. The second-order valence-electron chi connectivity index (χ2n) is 6.00. The molecule has 1 heteroatoms. The van der Waals surface area contributed by atoms with Crippen LogP contribution < -0.4 is 0 Å². The highest BCUT2D eigenvalue weighted by molar-refractivity contribution is 5.80. The second kappa shape index (κ2) is 9.89. The van der Waals surface area contributed by atoms with Crippen molar-refractivity contribution in [3.63, 3.8) is 0 Å². The molecule has 122 valence electrons. The van der Waals surface area contributed by atoms with Crippen molar-refractivity contribution in [2.24, 2.45) is 0 Å². The highest BCUT2D eigenvalue weighted by atomic mass is 15.1. The minimum absolute atomic E-state index is 1.13. The summed E-state index contributed by atoms with van der Waals surface area (Å²) in [5.74, 6) is 0. The fourth-order valence-electron chi connectivity index (χ4n) is 2.72. The monoisotopic (exact) mass is 307 g/mol. The van der Waals surface area contributed by atoms with E-state index in [1.165, 1.54) is 42.5 Å². The smallest absolute Gasteiger partial charge is 0.0445 e. The maximum absolute atomic E-state index is 2.56. The Labute approximate surface area is 141 Å². The summed E-state index contributed by atoms with van der Waals surface area (Å²) >= 11 is 0. The molecule has 0 amide bonds. The van der Waals surface area contributed by atoms with Crippen LogP contribution in [0.1, 0.15) is 50.7 Å². The van der Waals surface area contributed by atoms with Crippen molar-refractivity contribution in [2.75, 3.05) is 13.1 Å². The number of benzene rings is 2. The summed E-state index contributed by atoms with van der Waals surface area (Å²) in [5, 5.41) is 0. The molecule has 0 unspecified atom stereocenters. The molecule has 0 radical (unpaired) electrons. The minimum atomic E-state index is 1.13. The van der Waals surface area contributed by atoms with Gasteiger partial charge >= 0.3 is 0 Å². The van der Waals surface area contributed by atoms with Crippen molar-refractivity contribution in [2.45, 2.75) is 39.5 Å². The zero-order valence-corrected chi connectivity index (χ0v) is 14.5. The summed E-state index contributed by atoms with van der Waals surface area (Å²) in [6, 6.07) is 21.4. The summed E-state index contributed by atoms with van der Waals surface area (Å²) in [6.07, 6.45) is 7.28. The van der Waals surface area contributed by atoms with Crippen LogP contribution in [0.2, 0.25) is 0 Å². The van der Waals surface area contributed by atoms with Crippen LogP contribution >= 0.6 is 0 Å². The topological polar surface area (TPSA) is 3.24 Å². The largest absolute Gasteiger partial charge is 0.371 e. The Balaban J connectivity index is 2.35. The van der Waals surface area contributed by atoms with Crippen LogP contribution in [0.3, 0.4) is 0 Å². The molecular weight excluding hydrogens is 278 g/mol. The number of rotatable bonds is 9. The van der Waals surface area contributed by atoms with Crippen molar-refractivity contribution < 1.29 is 0 Å². The lowest BCUT2D eigenvalue weighted by molar-refractivity contribution is 0.380. The second-order valence-corrected chi connectivity index (χ2v) is 6.00. The van der Waals surface area contributed by atoms with Gasteiger partial charge in [-0.1, -0.05) is 87.4 Å². The van der Waals surface area contributed by atoms with Gasteiger partial charge in [-0.3, -0.25) is 0 Å². The van der Waals surface area contributed by atoms with Gasteiger partial charge in [0.15, 0.2) is 0 Å². The maximum Gasteiger partial charge on any atom is 0.0445 e. The summed E-state index contributed by atoms with van der Waals surface area (Å²) in [7, 11) is 0. The molecule has 0 atom stereocenters. The van der Waals surface area contributed by atoms with Crippen molar-refractivity contribution in [1.82, 2.24) is 4.90 Å². The van der Waals surface area contributed by atoms with Crippen molar-refractivity contribution in [3.8, 4) is 0 Å². The molecule has 0 saturated heterocycles. The van der Waals surface area contributed by atoms with E-state index < -0.39 is 0 Å². The van der Waals surface area contributed by atoms with Gasteiger partial charge in [-0.2, -0.15) is 0 Å². The molecule has 0 bridgehead atoms. The Morgan fingerprint density at radius 2 is 1.30 bits per heavy atom. The summed E-state index contributed by atoms with van der Waals surface area (Å²) in [5.41, 5.74) is 3.92. The number of unbranched alkanes of at least 4 members (excludes halogenated alkanes) is 2. The highest BCUT2D eigenvalue weighted by Gasteiger charge is 2.11. The van der Waals surface area contributed by atoms with Crippen LogP contribution in [0.5, 0.6) is 0 Å². The molecule has 0 aliphatic heterocycles. The lowest BCUT2D eigenvalue weighted by Crippen LogP contribution is -2.24. The van der Waals surface area contributed by atoms with Crippen molar-refractivity contribution in [3.05, 3.63) is 71.8 Å². The first-order valence-corrected chi connectivity index (χ1v) is 8.92. The third kappa shape index (κ3) is 5.59. The van der Waals surface area contributed by atoms with Gasteiger partial charge in [0.05, 0.1) is 0 Å². The average Bonchev–Trinajstić information content (AvgIpc) is 2.62. The van der Waals surface area contributed by atoms with Gasteiger partial charge in [0.1, 0.15) is 0 Å². The van der Waals surface area contributed by atoms with Crippen LogP contribution in [-0.2, 0) is 0 Å². The van der Waals surface area contributed by atoms with Crippen molar-refractivity contribution in [1.29, 1.82) is 0 Å². The van der Waals surface area contributed by atoms with Gasteiger partial charge in [0.2, 0.25) is 0 Å². The van der Waals surface area contributed by atoms with Gasteiger partial charge in [-0.05, 0) is 30.0 Å². The van der Waals surface area contributed by atoms with Crippen LogP contribution in [0.15, 0.2) is 60.7 Å². The van der Waals surface area contributed by atoms with Gasteiger partial charge in [-0.25, -0.2) is 0 Å². The Bertz CT molecular complexity index is 563. The zero-order chi connectivity index (χ0) is 16.3. The van der Waals surface area contributed by atoms with Crippen LogP contribution in [0.4, 0.5) is 0 Å². The lowest BCUT2D eigenvalue weighted by atomic mass is 10.1. The Hall–Kier alpha value is -2.02. The van der Waals surface area contributed by atoms with E-state index in [1.807, 2.05) is 0 Å². The maximum atomic E-state index is 2.56.